The zero-order valence-electron chi connectivity index (χ0n) is 25.0. The van der Waals surface area contributed by atoms with Gasteiger partial charge >= 0.3 is 0 Å². The minimum absolute atomic E-state index is 0.00144. The molecule has 6 nitrogen and oxygen atoms in total. The number of halogens is 2. The average Bonchev–Trinajstić information content (AvgIpc) is 3.03. The molecule has 0 saturated carbocycles. The number of hydrogen-bond donors (Lipinski definition) is 3. The zero-order chi connectivity index (χ0) is 31.5. The number of ketones is 1. The molecule has 4 aromatic rings. The Morgan fingerprint density at radius 2 is 1.57 bits per heavy atom. The molecule has 230 valence electrons. The van der Waals surface area contributed by atoms with Gasteiger partial charge in [-0.2, -0.15) is 0 Å². The van der Waals surface area contributed by atoms with E-state index in [2.05, 4.69) is 23.6 Å². The normalized spacial score (nSPS) is 12.4. The molecule has 8 heteroatoms. The van der Waals surface area contributed by atoms with E-state index in [4.69, 9.17) is 4.74 Å². The number of aryl methyl sites for hydroxylation is 1. The molecule has 0 aromatic heterocycles. The molecule has 0 saturated heterocycles. The summed E-state index contributed by atoms with van der Waals surface area (Å²) in [6.07, 6.45) is -0.338. The van der Waals surface area contributed by atoms with Crippen molar-refractivity contribution >= 4 is 11.7 Å². The number of nitrogens with one attached hydrogen (secondary N) is 2. The first-order valence-corrected chi connectivity index (χ1v) is 14.7. The Morgan fingerprint density at radius 1 is 0.841 bits per heavy atom. The van der Waals surface area contributed by atoms with Gasteiger partial charge in [-0.25, -0.2) is 8.78 Å². The van der Waals surface area contributed by atoms with Crippen LogP contribution in [0.2, 0.25) is 0 Å². The number of aliphatic hydroxyl groups is 1. The second kappa shape index (κ2) is 15.9. The van der Waals surface area contributed by atoms with Gasteiger partial charge in [0.25, 0.3) is 0 Å². The molecular formula is C36H38F2N2O4. The molecule has 4 aromatic carbocycles. The van der Waals surface area contributed by atoms with Gasteiger partial charge in [-0.05, 0) is 65.4 Å². The minimum Gasteiger partial charge on any atom is -0.496 e. The van der Waals surface area contributed by atoms with Crippen LogP contribution in [0.25, 0.3) is 11.1 Å². The Kier molecular flexibility index (Phi) is 11.7. The van der Waals surface area contributed by atoms with Crippen molar-refractivity contribution in [3.8, 4) is 16.9 Å². The zero-order valence-corrected chi connectivity index (χ0v) is 25.0. The summed E-state index contributed by atoms with van der Waals surface area (Å²) in [7, 11) is 1.57. The smallest absolute Gasteiger partial charge is 0.220 e. The summed E-state index contributed by atoms with van der Waals surface area (Å²) >= 11 is 0. The van der Waals surface area contributed by atoms with Crippen molar-refractivity contribution in [2.45, 2.75) is 51.3 Å². The van der Waals surface area contributed by atoms with E-state index in [0.717, 1.165) is 29.2 Å². The van der Waals surface area contributed by atoms with Crippen LogP contribution in [-0.2, 0) is 24.2 Å². The van der Waals surface area contributed by atoms with Crippen molar-refractivity contribution in [3.63, 3.8) is 0 Å². The maximum Gasteiger partial charge on any atom is 0.220 e. The molecule has 44 heavy (non-hydrogen) atoms. The van der Waals surface area contributed by atoms with Crippen LogP contribution in [0, 0.1) is 11.6 Å². The lowest BCUT2D eigenvalue weighted by Gasteiger charge is -2.25. The highest BCUT2D eigenvalue weighted by molar-refractivity contribution is 5.99. The number of aliphatic hydroxyl groups excluding tert-OH is 1. The van der Waals surface area contributed by atoms with Crippen LogP contribution in [0.5, 0.6) is 5.75 Å². The Labute approximate surface area is 257 Å². The van der Waals surface area contributed by atoms with Gasteiger partial charge < -0.3 is 20.5 Å². The SMILES string of the molecule is CCc1cccc(CNCC(O)C(Cc2cc(F)cc(F)c2)NC(=O)CCC(=O)c2ccc(OC)c(-c3ccccc3)c2)c1. The maximum absolute atomic E-state index is 13.9. The summed E-state index contributed by atoms with van der Waals surface area (Å²) in [4.78, 5) is 26.1. The molecule has 0 bridgehead atoms. The second-order valence-electron chi connectivity index (χ2n) is 10.7. The molecule has 2 unspecified atom stereocenters. The van der Waals surface area contributed by atoms with Gasteiger partial charge in [0.2, 0.25) is 5.91 Å². The number of amides is 1. The summed E-state index contributed by atoms with van der Waals surface area (Å²) in [6, 6.07) is 25.1. The highest BCUT2D eigenvalue weighted by Gasteiger charge is 2.23. The van der Waals surface area contributed by atoms with Crippen LogP contribution >= 0.6 is 0 Å². The van der Waals surface area contributed by atoms with Gasteiger partial charge in [0.1, 0.15) is 17.4 Å². The Hall–Kier alpha value is -4.40. The van der Waals surface area contributed by atoms with Crippen molar-refractivity contribution in [2.24, 2.45) is 0 Å². The topological polar surface area (TPSA) is 87.7 Å². The predicted molar refractivity (Wildman–Crippen MR) is 168 cm³/mol. The molecule has 0 aliphatic carbocycles. The van der Waals surface area contributed by atoms with E-state index in [1.165, 1.54) is 17.7 Å². The average molecular weight is 601 g/mol. The largest absolute Gasteiger partial charge is 0.496 e. The van der Waals surface area contributed by atoms with Gasteiger partial charge in [0.05, 0.1) is 19.3 Å². The van der Waals surface area contributed by atoms with Crippen LogP contribution < -0.4 is 15.4 Å². The van der Waals surface area contributed by atoms with Gasteiger partial charge in [0.15, 0.2) is 5.78 Å². The number of Topliss-reactive ketones (excluding diaryl/α,β-unsaturated/α-hetero) is 1. The third-order valence-electron chi connectivity index (χ3n) is 7.46. The maximum atomic E-state index is 13.9. The molecule has 0 aliphatic heterocycles. The van der Waals surface area contributed by atoms with Crippen molar-refractivity contribution in [3.05, 3.63) is 125 Å². The number of ether oxygens (including phenoxy) is 1. The summed E-state index contributed by atoms with van der Waals surface area (Å²) in [5, 5.41) is 17.0. The van der Waals surface area contributed by atoms with Gasteiger partial charge in [-0.3, -0.25) is 9.59 Å². The Morgan fingerprint density at radius 3 is 2.27 bits per heavy atom. The molecule has 3 N–H and O–H groups in total. The number of methoxy groups -OCH3 is 1. The van der Waals surface area contributed by atoms with E-state index < -0.39 is 29.7 Å². The summed E-state index contributed by atoms with van der Waals surface area (Å²) < 4.78 is 33.3. The molecular weight excluding hydrogens is 562 g/mol. The monoisotopic (exact) mass is 600 g/mol. The lowest BCUT2D eigenvalue weighted by atomic mass is 9.98. The first-order chi connectivity index (χ1) is 21.2. The minimum atomic E-state index is -1.06. The van der Waals surface area contributed by atoms with E-state index in [-0.39, 0.29) is 31.6 Å². The van der Waals surface area contributed by atoms with Crippen LogP contribution in [0.1, 0.15) is 46.8 Å². The van der Waals surface area contributed by atoms with E-state index in [1.54, 1.807) is 25.3 Å². The van der Waals surface area contributed by atoms with E-state index in [0.29, 0.717) is 23.4 Å². The standard InChI is InChI=1S/C36H38F2N2O4/c1-3-24-8-7-9-25(16-24)22-39-23-34(42)32(19-26-17-29(37)21-30(38)18-26)40-36(43)15-13-33(41)28-12-14-35(44-2)31(20-28)27-10-5-4-6-11-27/h4-12,14,16-18,20-21,32,34,39,42H,3,13,15,19,22-23H2,1-2H3,(H,40,43). The summed E-state index contributed by atoms with van der Waals surface area (Å²) in [5.41, 5.74) is 4.66. The highest BCUT2D eigenvalue weighted by atomic mass is 19.1. The fourth-order valence-electron chi connectivity index (χ4n) is 5.11. The third kappa shape index (κ3) is 9.30. The van der Waals surface area contributed by atoms with E-state index in [9.17, 15) is 23.5 Å². The Bertz CT molecular complexity index is 1540. The molecule has 0 aliphatic rings. The van der Waals surface area contributed by atoms with Crippen LogP contribution in [0.3, 0.4) is 0 Å². The lowest BCUT2D eigenvalue weighted by molar-refractivity contribution is -0.122. The van der Waals surface area contributed by atoms with Crippen LogP contribution in [0.15, 0.2) is 91.0 Å². The first-order valence-electron chi connectivity index (χ1n) is 14.7. The fraction of sp³-hybridized carbons (Fsp3) is 0.278. The van der Waals surface area contributed by atoms with Crippen molar-refractivity contribution in [1.82, 2.24) is 10.6 Å². The van der Waals surface area contributed by atoms with Gasteiger partial charge in [-0.15, -0.1) is 0 Å². The molecule has 1 amide bonds. The quantitative estimate of drug-likeness (QED) is 0.145. The number of benzene rings is 4. The number of rotatable bonds is 15. The molecule has 4 rings (SSSR count). The fourth-order valence-corrected chi connectivity index (χ4v) is 5.11. The Balaban J connectivity index is 1.40. The van der Waals surface area contributed by atoms with Crippen LogP contribution in [-0.4, -0.2) is 42.6 Å². The molecule has 0 heterocycles. The van der Waals surface area contributed by atoms with Crippen molar-refractivity contribution in [1.29, 1.82) is 0 Å². The second-order valence-corrected chi connectivity index (χ2v) is 10.7. The summed E-state index contributed by atoms with van der Waals surface area (Å²) in [6.45, 7) is 2.71. The molecule has 0 fully saturated rings. The van der Waals surface area contributed by atoms with Gasteiger partial charge in [-0.1, -0.05) is 61.5 Å². The molecule has 0 spiro atoms. The van der Waals surface area contributed by atoms with Crippen molar-refractivity contribution in [2.75, 3.05) is 13.7 Å². The predicted octanol–water partition coefficient (Wildman–Crippen LogP) is 6.04. The van der Waals surface area contributed by atoms with E-state index in [1.807, 2.05) is 48.5 Å². The lowest BCUT2D eigenvalue weighted by Crippen LogP contribution is -2.48. The number of carbonyl (C=O) groups is 2. The number of carbonyl (C=O) groups excluding carboxylic acids is 2. The van der Waals surface area contributed by atoms with Crippen LogP contribution in [0.4, 0.5) is 8.78 Å². The van der Waals surface area contributed by atoms with Gasteiger partial charge in [0, 0.05) is 43.1 Å². The first kappa shape index (κ1) is 32.5. The molecule has 2 atom stereocenters. The summed E-state index contributed by atoms with van der Waals surface area (Å²) in [5.74, 6) is -1.53. The highest BCUT2D eigenvalue weighted by Crippen LogP contribution is 2.31. The number of hydrogen-bond acceptors (Lipinski definition) is 5. The van der Waals surface area contributed by atoms with E-state index >= 15 is 0 Å². The van der Waals surface area contributed by atoms with Crippen molar-refractivity contribution < 1.29 is 28.2 Å². The molecule has 0 radical (unpaired) electrons. The third-order valence-corrected chi connectivity index (χ3v) is 7.46.